The Morgan fingerprint density at radius 2 is 1.88 bits per heavy atom. The lowest BCUT2D eigenvalue weighted by Gasteiger charge is -2.39. The highest BCUT2D eigenvalue weighted by molar-refractivity contribution is 6.19. The number of fused-ring (bicyclic) bond motifs is 1. The van der Waals surface area contributed by atoms with Gasteiger partial charge in [-0.2, -0.15) is 0 Å². The Bertz CT molecular complexity index is 791. The second-order valence-corrected chi connectivity index (χ2v) is 5.61. The fourth-order valence-electron chi connectivity index (χ4n) is 2.64. The highest BCUT2D eigenvalue weighted by atomic mass is 19.1. The van der Waals surface area contributed by atoms with Gasteiger partial charge in [0.2, 0.25) is 0 Å². The average Bonchev–Trinajstić information content (AvgIpc) is 2.58. The molecule has 0 radical (unpaired) electrons. The first-order valence-corrected chi connectivity index (χ1v) is 7.62. The van der Waals surface area contributed by atoms with Crippen molar-refractivity contribution >= 4 is 23.2 Å². The summed E-state index contributed by atoms with van der Waals surface area (Å²) >= 11 is 0. The van der Waals surface area contributed by atoms with Gasteiger partial charge in [-0.05, 0) is 50.2 Å². The Kier molecular flexibility index (Phi) is 3.97. The third-order valence-electron chi connectivity index (χ3n) is 3.98. The van der Waals surface area contributed by atoms with Crippen molar-refractivity contribution in [3.8, 4) is 5.75 Å². The molecule has 0 aromatic heterocycles. The van der Waals surface area contributed by atoms with E-state index in [4.69, 9.17) is 4.74 Å². The molecule has 1 heterocycles. The van der Waals surface area contributed by atoms with Crippen LogP contribution in [0, 0.1) is 5.82 Å². The van der Waals surface area contributed by atoms with Crippen LogP contribution in [0.25, 0.3) is 0 Å². The first-order valence-electron chi connectivity index (χ1n) is 7.62. The molecule has 0 saturated carbocycles. The number of hydrogen-bond acceptors (Lipinski definition) is 3. The fraction of sp³-hybridized carbons (Fsp3) is 0.222. The molecular formula is C18H17FN2O3. The van der Waals surface area contributed by atoms with Crippen molar-refractivity contribution < 1.29 is 18.7 Å². The second-order valence-electron chi connectivity index (χ2n) is 5.61. The van der Waals surface area contributed by atoms with Gasteiger partial charge in [0.15, 0.2) is 0 Å². The molecule has 1 aliphatic rings. The van der Waals surface area contributed by atoms with Crippen molar-refractivity contribution in [2.45, 2.75) is 19.4 Å². The van der Waals surface area contributed by atoms with Gasteiger partial charge in [0, 0.05) is 12.2 Å². The van der Waals surface area contributed by atoms with E-state index in [0.29, 0.717) is 23.7 Å². The van der Waals surface area contributed by atoms with Crippen LogP contribution in [0.15, 0.2) is 48.5 Å². The van der Waals surface area contributed by atoms with Gasteiger partial charge in [-0.25, -0.2) is 4.39 Å². The van der Waals surface area contributed by atoms with Crippen LogP contribution in [0.1, 0.15) is 13.8 Å². The van der Waals surface area contributed by atoms with Gasteiger partial charge >= 0.3 is 0 Å². The van der Waals surface area contributed by atoms with E-state index in [1.54, 1.807) is 24.3 Å². The van der Waals surface area contributed by atoms with Crippen LogP contribution >= 0.6 is 0 Å². The number of ether oxygens (including phenoxy) is 1. The highest BCUT2D eigenvalue weighted by Crippen LogP contribution is 2.37. The van der Waals surface area contributed by atoms with E-state index in [0.717, 1.165) is 0 Å². The van der Waals surface area contributed by atoms with Gasteiger partial charge in [-0.3, -0.25) is 9.59 Å². The van der Waals surface area contributed by atoms with E-state index >= 15 is 0 Å². The Balaban J connectivity index is 1.92. The summed E-state index contributed by atoms with van der Waals surface area (Å²) in [5.74, 6) is -0.985. The minimum Gasteiger partial charge on any atom is -0.465 e. The highest BCUT2D eigenvalue weighted by Gasteiger charge is 2.50. The molecule has 2 amide bonds. The molecule has 0 saturated heterocycles. The Labute approximate surface area is 139 Å². The lowest BCUT2D eigenvalue weighted by atomic mass is 9.99. The number of halogens is 1. The second kappa shape index (κ2) is 5.96. The zero-order valence-corrected chi connectivity index (χ0v) is 13.4. The predicted octanol–water partition coefficient (Wildman–Crippen LogP) is 2.97. The number of anilines is 2. The van der Waals surface area contributed by atoms with E-state index in [-0.39, 0.29) is 0 Å². The summed E-state index contributed by atoms with van der Waals surface area (Å²) < 4.78 is 18.7. The predicted molar refractivity (Wildman–Crippen MR) is 88.5 cm³/mol. The van der Waals surface area contributed by atoms with Crippen LogP contribution in [0.2, 0.25) is 0 Å². The molecule has 2 aromatic carbocycles. The van der Waals surface area contributed by atoms with E-state index in [1.165, 1.54) is 36.1 Å². The maximum Gasteiger partial charge on any atom is 0.280 e. The van der Waals surface area contributed by atoms with Crippen LogP contribution in [-0.4, -0.2) is 24.0 Å². The van der Waals surface area contributed by atoms with Crippen LogP contribution in [-0.2, 0) is 9.59 Å². The first-order chi connectivity index (χ1) is 11.5. The number of nitrogens with zero attached hydrogens (tertiary/aromatic N) is 1. The largest absolute Gasteiger partial charge is 0.465 e. The topological polar surface area (TPSA) is 58.6 Å². The molecular weight excluding hydrogens is 311 g/mol. The molecule has 1 N–H and O–H groups in total. The first kappa shape index (κ1) is 16.0. The maximum atomic E-state index is 13.0. The summed E-state index contributed by atoms with van der Waals surface area (Å²) in [5.41, 5.74) is -0.670. The zero-order valence-electron chi connectivity index (χ0n) is 13.4. The third-order valence-corrected chi connectivity index (χ3v) is 3.98. The number of para-hydroxylation sites is 2. The smallest absolute Gasteiger partial charge is 0.280 e. The van der Waals surface area contributed by atoms with Crippen LogP contribution in [0.4, 0.5) is 15.8 Å². The number of benzene rings is 2. The van der Waals surface area contributed by atoms with Crippen molar-refractivity contribution in [1.82, 2.24) is 0 Å². The number of hydrogen-bond donors (Lipinski definition) is 1. The lowest BCUT2D eigenvalue weighted by molar-refractivity contribution is -0.145. The number of amides is 2. The van der Waals surface area contributed by atoms with Crippen LogP contribution in [0.5, 0.6) is 5.75 Å². The molecule has 5 nitrogen and oxygen atoms in total. The van der Waals surface area contributed by atoms with E-state index < -0.39 is 23.2 Å². The number of rotatable bonds is 3. The molecule has 3 rings (SSSR count). The Morgan fingerprint density at radius 3 is 2.54 bits per heavy atom. The van der Waals surface area contributed by atoms with E-state index in [1.807, 2.05) is 6.92 Å². The summed E-state index contributed by atoms with van der Waals surface area (Å²) in [5, 5.41) is 2.61. The molecule has 24 heavy (non-hydrogen) atoms. The van der Waals surface area contributed by atoms with Crippen LogP contribution < -0.4 is 15.0 Å². The minimum absolute atomic E-state index is 0.390. The van der Waals surface area contributed by atoms with Gasteiger partial charge in [-0.15, -0.1) is 0 Å². The fourth-order valence-corrected chi connectivity index (χ4v) is 2.64. The quantitative estimate of drug-likeness (QED) is 0.881. The summed E-state index contributed by atoms with van der Waals surface area (Å²) in [7, 11) is 0. The maximum absolute atomic E-state index is 13.0. The molecule has 124 valence electrons. The normalized spacial score (nSPS) is 19.5. The monoisotopic (exact) mass is 328 g/mol. The summed E-state index contributed by atoms with van der Waals surface area (Å²) in [6.45, 7) is 3.68. The van der Waals surface area contributed by atoms with Crippen molar-refractivity contribution in [2.75, 3.05) is 16.8 Å². The van der Waals surface area contributed by atoms with Gasteiger partial charge < -0.3 is 15.0 Å². The number of carbonyl (C=O) groups excluding carboxylic acids is 2. The Hall–Kier alpha value is -2.89. The molecule has 0 spiro atoms. The third kappa shape index (κ3) is 2.60. The molecule has 1 atom stereocenters. The molecule has 0 fully saturated rings. The van der Waals surface area contributed by atoms with Crippen LogP contribution in [0.3, 0.4) is 0 Å². The van der Waals surface area contributed by atoms with Crippen molar-refractivity contribution in [3.63, 3.8) is 0 Å². The molecule has 2 aromatic rings. The number of nitrogens with one attached hydrogen (secondary N) is 1. The van der Waals surface area contributed by atoms with E-state index in [9.17, 15) is 14.0 Å². The van der Waals surface area contributed by atoms with E-state index in [2.05, 4.69) is 5.32 Å². The van der Waals surface area contributed by atoms with Gasteiger partial charge in [-0.1, -0.05) is 12.1 Å². The standard InChI is InChI=1S/C18H17FN2O3/c1-3-21-14-6-4-5-7-15(14)24-18(2,17(21)23)16(22)20-13-10-8-12(19)9-11-13/h4-11H,3H2,1-2H3,(H,20,22). The van der Waals surface area contributed by atoms with Gasteiger partial charge in [0.25, 0.3) is 17.4 Å². The average molecular weight is 328 g/mol. The minimum atomic E-state index is -1.70. The van der Waals surface area contributed by atoms with Crippen molar-refractivity contribution in [1.29, 1.82) is 0 Å². The molecule has 6 heteroatoms. The zero-order chi connectivity index (χ0) is 17.3. The van der Waals surface area contributed by atoms with Crippen molar-refractivity contribution in [2.24, 2.45) is 0 Å². The number of likely N-dealkylation sites (N-methyl/N-ethyl adjacent to an activating group) is 1. The molecule has 0 aliphatic carbocycles. The SMILES string of the molecule is CCN1C(=O)C(C)(C(=O)Nc2ccc(F)cc2)Oc2ccccc21. The molecule has 1 unspecified atom stereocenters. The van der Waals surface area contributed by atoms with Crippen molar-refractivity contribution in [3.05, 3.63) is 54.3 Å². The number of carbonyl (C=O) groups is 2. The Morgan fingerprint density at radius 1 is 1.21 bits per heavy atom. The summed E-state index contributed by atoms with van der Waals surface area (Å²) in [6.07, 6.45) is 0. The summed E-state index contributed by atoms with van der Waals surface area (Å²) in [4.78, 5) is 27.0. The van der Waals surface area contributed by atoms with Gasteiger partial charge in [0.1, 0.15) is 11.6 Å². The van der Waals surface area contributed by atoms with Gasteiger partial charge in [0.05, 0.1) is 5.69 Å². The summed E-state index contributed by atoms with van der Waals surface area (Å²) in [6, 6.07) is 12.4. The molecule has 1 aliphatic heterocycles. The molecule has 0 bridgehead atoms. The lowest BCUT2D eigenvalue weighted by Crippen LogP contribution is -2.60.